The molecule has 0 saturated carbocycles. The molecule has 1 fully saturated rings. The molecule has 0 spiro atoms. The van der Waals surface area contributed by atoms with Crippen LogP contribution in [0.1, 0.15) is 11.3 Å². The number of ether oxygens (including phenoxy) is 2. The number of benzene rings is 1. The second kappa shape index (κ2) is 6.57. The molecule has 4 rings (SSSR count). The highest BCUT2D eigenvalue weighted by Gasteiger charge is 2.22. The van der Waals surface area contributed by atoms with Crippen molar-refractivity contribution in [2.75, 3.05) is 33.0 Å². The van der Waals surface area contributed by atoms with Gasteiger partial charge in [-0.1, -0.05) is 6.07 Å². The van der Waals surface area contributed by atoms with Gasteiger partial charge in [-0.2, -0.15) is 0 Å². The lowest BCUT2D eigenvalue weighted by atomic mass is 10.1. The van der Waals surface area contributed by atoms with Crippen LogP contribution in [0.3, 0.4) is 0 Å². The quantitative estimate of drug-likeness (QED) is 0.927. The summed E-state index contributed by atoms with van der Waals surface area (Å²) in [6, 6.07) is 9.97. The molecule has 0 unspecified atom stereocenters. The summed E-state index contributed by atoms with van der Waals surface area (Å²) in [5.74, 6) is 1.84. The van der Waals surface area contributed by atoms with E-state index < -0.39 is 0 Å². The molecule has 0 atom stereocenters. The lowest BCUT2D eigenvalue weighted by Crippen LogP contribution is -2.48. The second-order valence-corrected chi connectivity index (χ2v) is 6.22. The molecule has 0 aliphatic carbocycles. The molecule has 1 amide bonds. The average molecular weight is 327 g/mol. The maximum absolute atomic E-state index is 12.3. The van der Waals surface area contributed by atoms with Crippen LogP contribution in [0.2, 0.25) is 0 Å². The van der Waals surface area contributed by atoms with Gasteiger partial charge in [0.1, 0.15) is 0 Å². The standard InChI is InChI=1S/C18H21N3O3/c22-18(11-15-2-1-5-19-15)21-8-6-20(7-9-21)12-14-3-4-16-17(10-14)24-13-23-16/h1-5,10,19H,6-9,11-13H2. The van der Waals surface area contributed by atoms with E-state index in [1.165, 1.54) is 5.56 Å². The molecule has 1 aromatic heterocycles. The van der Waals surface area contributed by atoms with Crippen LogP contribution in [0, 0.1) is 0 Å². The van der Waals surface area contributed by atoms with E-state index in [0.717, 1.165) is 49.9 Å². The van der Waals surface area contributed by atoms with Crippen molar-refractivity contribution in [3.8, 4) is 11.5 Å². The predicted octanol–water partition coefficient (Wildman–Crippen LogP) is 1.63. The molecule has 2 aromatic rings. The van der Waals surface area contributed by atoms with E-state index >= 15 is 0 Å². The average Bonchev–Trinajstić information content (AvgIpc) is 3.26. The molecule has 1 saturated heterocycles. The van der Waals surface area contributed by atoms with Gasteiger partial charge < -0.3 is 19.4 Å². The van der Waals surface area contributed by atoms with Gasteiger partial charge >= 0.3 is 0 Å². The zero-order valence-electron chi connectivity index (χ0n) is 13.5. The summed E-state index contributed by atoms with van der Waals surface area (Å²) in [4.78, 5) is 19.7. The highest BCUT2D eigenvalue weighted by atomic mass is 16.7. The van der Waals surface area contributed by atoms with Crippen molar-refractivity contribution in [3.63, 3.8) is 0 Å². The Hall–Kier alpha value is -2.47. The molecule has 6 heteroatoms. The Morgan fingerprint density at radius 2 is 1.92 bits per heavy atom. The number of rotatable bonds is 4. The number of amides is 1. The first-order chi connectivity index (χ1) is 11.8. The van der Waals surface area contributed by atoms with Crippen molar-refractivity contribution in [1.82, 2.24) is 14.8 Å². The van der Waals surface area contributed by atoms with Crippen molar-refractivity contribution in [1.29, 1.82) is 0 Å². The van der Waals surface area contributed by atoms with Crippen LogP contribution in [0.4, 0.5) is 0 Å². The summed E-state index contributed by atoms with van der Waals surface area (Å²) >= 11 is 0. The minimum Gasteiger partial charge on any atom is -0.454 e. The van der Waals surface area contributed by atoms with Gasteiger partial charge in [0.2, 0.25) is 12.7 Å². The minimum absolute atomic E-state index is 0.195. The summed E-state index contributed by atoms with van der Waals surface area (Å²) in [5.41, 5.74) is 2.19. The van der Waals surface area contributed by atoms with Gasteiger partial charge in [0, 0.05) is 44.6 Å². The number of hydrogen-bond acceptors (Lipinski definition) is 4. The molecule has 2 aliphatic rings. The maximum Gasteiger partial charge on any atom is 0.231 e. The Kier molecular flexibility index (Phi) is 4.13. The second-order valence-electron chi connectivity index (χ2n) is 6.22. The highest BCUT2D eigenvalue weighted by Crippen LogP contribution is 2.32. The van der Waals surface area contributed by atoms with Crippen LogP contribution in [0.15, 0.2) is 36.5 Å². The topological polar surface area (TPSA) is 57.8 Å². The molecule has 0 radical (unpaired) electrons. The number of aromatic nitrogens is 1. The molecule has 6 nitrogen and oxygen atoms in total. The van der Waals surface area contributed by atoms with Crippen LogP contribution in [0.25, 0.3) is 0 Å². The highest BCUT2D eigenvalue weighted by molar-refractivity contribution is 5.78. The van der Waals surface area contributed by atoms with Crippen LogP contribution >= 0.6 is 0 Å². The van der Waals surface area contributed by atoms with E-state index in [0.29, 0.717) is 13.2 Å². The van der Waals surface area contributed by atoms with Crippen molar-refractivity contribution >= 4 is 5.91 Å². The van der Waals surface area contributed by atoms with Gasteiger partial charge in [-0.05, 0) is 29.8 Å². The molecule has 1 aromatic carbocycles. The van der Waals surface area contributed by atoms with E-state index in [-0.39, 0.29) is 5.91 Å². The smallest absolute Gasteiger partial charge is 0.231 e. The van der Waals surface area contributed by atoms with Gasteiger partial charge in [-0.25, -0.2) is 0 Å². The van der Waals surface area contributed by atoms with Crippen LogP contribution in [-0.2, 0) is 17.8 Å². The summed E-state index contributed by atoms with van der Waals surface area (Å²) in [6.45, 7) is 4.53. The monoisotopic (exact) mass is 327 g/mol. The zero-order valence-corrected chi connectivity index (χ0v) is 13.5. The van der Waals surface area contributed by atoms with E-state index in [1.807, 2.05) is 35.4 Å². The minimum atomic E-state index is 0.195. The number of hydrogen-bond donors (Lipinski definition) is 1. The van der Waals surface area contributed by atoms with E-state index in [4.69, 9.17) is 9.47 Å². The van der Waals surface area contributed by atoms with Gasteiger partial charge in [0.25, 0.3) is 0 Å². The molecule has 1 N–H and O–H groups in total. The van der Waals surface area contributed by atoms with Crippen molar-refractivity contribution in [2.24, 2.45) is 0 Å². The third-order valence-corrected chi connectivity index (χ3v) is 4.57. The molecule has 2 aliphatic heterocycles. The Morgan fingerprint density at radius 1 is 1.08 bits per heavy atom. The van der Waals surface area contributed by atoms with Gasteiger partial charge in [0.15, 0.2) is 11.5 Å². The molecule has 24 heavy (non-hydrogen) atoms. The maximum atomic E-state index is 12.3. The third kappa shape index (κ3) is 3.23. The first kappa shape index (κ1) is 15.1. The number of carbonyl (C=O) groups is 1. The number of nitrogens with one attached hydrogen (secondary N) is 1. The largest absolute Gasteiger partial charge is 0.454 e. The van der Waals surface area contributed by atoms with Crippen molar-refractivity contribution < 1.29 is 14.3 Å². The first-order valence-corrected chi connectivity index (χ1v) is 8.29. The zero-order chi connectivity index (χ0) is 16.4. The summed E-state index contributed by atoms with van der Waals surface area (Å²) in [6.07, 6.45) is 2.31. The number of aromatic amines is 1. The number of H-pyrrole nitrogens is 1. The lowest BCUT2D eigenvalue weighted by molar-refractivity contribution is -0.132. The predicted molar refractivity (Wildman–Crippen MR) is 88.9 cm³/mol. The number of fused-ring (bicyclic) bond motifs is 1. The lowest BCUT2D eigenvalue weighted by Gasteiger charge is -2.34. The number of piperazine rings is 1. The van der Waals surface area contributed by atoms with Crippen LogP contribution in [-0.4, -0.2) is 53.7 Å². The number of nitrogens with zero attached hydrogens (tertiary/aromatic N) is 2. The van der Waals surface area contributed by atoms with Crippen molar-refractivity contribution in [2.45, 2.75) is 13.0 Å². The molecular formula is C18H21N3O3. The fourth-order valence-corrected chi connectivity index (χ4v) is 3.21. The fraction of sp³-hybridized carbons (Fsp3) is 0.389. The van der Waals surface area contributed by atoms with Gasteiger partial charge in [-0.3, -0.25) is 9.69 Å². The molecular weight excluding hydrogens is 306 g/mol. The van der Waals surface area contributed by atoms with Gasteiger partial charge in [-0.15, -0.1) is 0 Å². The Balaban J connectivity index is 1.29. The van der Waals surface area contributed by atoms with Crippen LogP contribution in [0.5, 0.6) is 11.5 Å². The first-order valence-electron chi connectivity index (χ1n) is 8.29. The Bertz CT molecular complexity index is 706. The van der Waals surface area contributed by atoms with Crippen molar-refractivity contribution in [3.05, 3.63) is 47.8 Å². The fourth-order valence-electron chi connectivity index (χ4n) is 3.21. The SMILES string of the molecule is O=C(Cc1ccc[nH]1)N1CCN(Cc2ccc3c(c2)OCO3)CC1. The van der Waals surface area contributed by atoms with Crippen LogP contribution < -0.4 is 9.47 Å². The van der Waals surface area contributed by atoms with E-state index in [1.54, 1.807) is 0 Å². The Labute approximate surface area is 141 Å². The molecule has 126 valence electrons. The molecule has 0 bridgehead atoms. The van der Waals surface area contributed by atoms with E-state index in [2.05, 4.69) is 16.0 Å². The molecule has 3 heterocycles. The summed E-state index contributed by atoms with van der Waals surface area (Å²) < 4.78 is 10.8. The summed E-state index contributed by atoms with van der Waals surface area (Å²) in [7, 11) is 0. The normalized spacial score (nSPS) is 17.2. The summed E-state index contributed by atoms with van der Waals surface area (Å²) in [5, 5.41) is 0. The van der Waals surface area contributed by atoms with E-state index in [9.17, 15) is 4.79 Å². The third-order valence-electron chi connectivity index (χ3n) is 4.57. The number of carbonyl (C=O) groups excluding carboxylic acids is 1. The Morgan fingerprint density at radius 3 is 2.71 bits per heavy atom. The van der Waals surface area contributed by atoms with Gasteiger partial charge in [0.05, 0.1) is 6.42 Å².